The molecule has 1 heterocycles. The Morgan fingerprint density at radius 3 is 2.68 bits per heavy atom. The summed E-state index contributed by atoms with van der Waals surface area (Å²) in [6.07, 6.45) is 3.66. The average Bonchev–Trinajstić information content (AvgIpc) is 3.03. The molecule has 2 saturated carbocycles. The minimum absolute atomic E-state index is 0.176. The molecule has 1 aromatic carbocycles. The molecule has 0 N–H and O–H groups in total. The van der Waals surface area contributed by atoms with E-state index in [0.717, 1.165) is 33.5 Å². The molecule has 4 rings (SSSR count). The number of aryl methyl sites for hydroxylation is 1. The van der Waals surface area contributed by atoms with Crippen LogP contribution in [0.2, 0.25) is 5.02 Å². The van der Waals surface area contributed by atoms with Gasteiger partial charge in [0.25, 0.3) is 0 Å². The Balaban J connectivity index is 1.66. The number of hydrogen-bond acceptors (Lipinski definition) is 3. The second-order valence-electron chi connectivity index (χ2n) is 7.80. The molecule has 2 nitrogen and oxygen atoms in total. The Labute approximate surface area is 141 Å². The van der Waals surface area contributed by atoms with Crippen molar-refractivity contribution in [2.75, 3.05) is 0 Å². The molecule has 0 amide bonds. The highest BCUT2D eigenvalue weighted by atomic mass is 35.5. The van der Waals surface area contributed by atoms with Crippen molar-refractivity contribution in [3.8, 4) is 0 Å². The molecular weight excluding hydrogens is 314 g/mol. The van der Waals surface area contributed by atoms with Gasteiger partial charge in [-0.05, 0) is 42.7 Å². The fourth-order valence-corrected chi connectivity index (χ4v) is 6.38. The Morgan fingerprint density at radius 1 is 1.32 bits per heavy atom. The summed E-state index contributed by atoms with van der Waals surface area (Å²) in [6.45, 7) is 9.23. The molecule has 118 valence electrons. The zero-order chi connectivity index (χ0) is 15.8. The van der Waals surface area contributed by atoms with E-state index in [1.54, 1.807) is 0 Å². The molecule has 0 aromatic heterocycles. The van der Waals surface area contributed by atoms with Crippen LogP contribution in [0.3, 0.4) is 0 Å². The van der Waals surface area contributed by atoms with E-state index < -0.39 is 0 Å². The van der Waals surface area contributed by atoms with Gasteiger partial charge in [-0.2, -0.15) is 0 Å². The standard InChI is InChI=1S/C18H22ClNOS/c1-11-5-6-12(9-14(11)19)15-20-21-18(22-15)10-13-7-8-17(18,4)16(13,2)3/h5-6,9,13H,7-8,10H2,1-4H3/t13-,17-,18?/m1/s1. The van der Waals surface area contributed by atoms with Crippen LogP contribution in [0.5, 0.6) is 0 Å². The quantitative estimate of drug-likeness (QED) is 0.664. The fourth-order valence-electron chi connectivity index (χ4n) is 4.62. The number of hydrogen-bond donors (Lipinski definition) is 0. The smallest absolute Gasteiger partial charge is 0.194 e. The molecule has 1 aliphatic heterocycles. The number of oxime groups is 1. The summed E-state index contributed by atoms with van der Waals surface area (Å²) in [4.78, 5) is 5.93. The van der Waals surface area contributed by atoms with Crippen LogP contribution in [0.1, 0.15) is 51.2 Å². The first-order chi connectivity index (χ1) is 10.3. The van der Waals surface area contributed by atoms with Crippen molar-refractivity contribution in [3.05, 3.63) is 34.3 Å². The van der Waals surface area contributed by atoms with Crippen LogP contribution >= 0.6 is 23.4 Å². The normalized spacial score (nSPS) is 38.4. The van der Waals surface area contributed by atoms with E-state index >= 15 is 0 Å². The number of nitrogens with zero attached hydrogens (tertiary/aromatic N) is 1. The lowest BCUT2D eigenvalue weighted by Crippen LogP contribution is -2.44. The van der Waals surface area contributed by atoms with Crippen LogP contribution in [0.4, 0.5) is 0 Å². The minimum atomic E-state index is -0.188. The Hall–Kier alpha value is -0.670. The van der Waals surface area contributed by atoms with E-state index in [0.29, 0.717) is 5.41 Å². The molecular formula is C18H22ClNOS. The fraction of sp³-hybridized carbons (Fsp3) is 0.611. The third-order valence-electron chi connectivity index (χ3n) is 6.75. The summed E-state index contributed by atoms with van der Waals surface area (Å²) in [5.41, 5.74) is 2.66. The molecule has 1 unspecified atom stereocenters. The summed E-state index contributed by atoms with van der Waals surface area (Å²) in [7, 11) is 0. The zero-order valence-electron chi connectivity index (χ0n) is 13.6. The molecule has 0 radical (unpaired) electrons. The molecule has 2 bridgehead atoms. The maximum atomic E-state index is 6.27. The lowest BCUT2D eigenvalue weighted by Gasteiger charge is -2.43. The second kappa shape index (κ2) is 4.45. The first-order valence-corrected chi connectivity index (χ1v) is 9.20. The van der Waals surface area contributed by atoms with Crippen LogP contribution in [0.25, 0.3) is 0 Å². The second-order valence-corrected chi connectivity index (χ2v) is 9.46. The van der Waals surface area contributed by atoms with Gasteiger partial charge < -0.3 is 4.84 Å². The Morgan fingerprint density at radius 2 is 2.09 bits per heavy atom. The van der Waals surface area contributed by atoms with Crippen molar-refractivity contribution in [2.45, 2.75) is 51.9 Å². The summed E-state index contributed by atoms with van der Waals surface area (Å²) in [5, 5.41) is 6.23. The van der Waals surface area contributed by atoms with Crippen LogP contribution in [0, 0.1) is 23.7 Å². The van der Waals surface area contributed by atoms with Crippen molar-refractivity contribution < 1.29 is 4.84 Å². The summed E-state index contributed by atoms with van der Waals surface area (Å²) in [6, 6.07) is 6.15. The molecule has 0 saturated heterocycles. The van der Waals surface area contributed by atoms with Gasteiger partial charge in [0.05, 0.1) is 0 Å². The monoisotopic (exact) mass is 335 g/mol. The summed E-state index contributed by atoms with van der Waals surface area (Å²) >= 11 is 8.10. The van der Waals surface area contributed by atoms with Gasteiger partial charge in [0.1, 0.15) is 5.04 Å². The van der Waals surface area contributed by atoms with E-state index in [2.05, 4.69) is 38.1 Å². The van der Waals surface area contributed by atoms with Gasteiger partial charge in [0, 0.05) is 22.4 Å². The number of rotatable bonds is 1. The van der Waals surface area contributed by atoms with E-state index in [1.165, 1.54) is 12.8 Å². The zero-order valence-corrected chi connectivity index (χ0v) is 15.1. The highest BCUT2D eigenvalue weighted by Crippen LogP contribution is 2.74. The highest BCUT2D eigenvalue weighted by Gasteiger charge is 2.72. The maximum absolute atomic E-state index is 6.27. The van der Waals surface area contributed by atoms with Crippen molar-refractivity contribution in [3.63, 3.8) is 0 Å². The Bertz CT molecular complexity index is 686. The average molecular weight is 336 g/mol. The highest BCUT2D eigenvalue weighted by molar-refractivity contribution is 8.15. The van der Waals surface area contributed by atoms with Gasteiger partial charge in [0.15, 0.2) is 4.93 Å². The van der Waals surface area contributed by atoms with E-state index in [4.69, 9.17) is 16.4 Å². The lowest BCUT2D eigenvalue weighted by atomic mass is 9.69. The van der Waals surface area contributed by atoms with Gasteiger partial charge >= 0.3 is 0 Å². The predicted molar refractivity (Wildman–Crippen MR) is 93.4 cm³/mol. The van der Waals surface area contributed by atoms with Crippen LogP contribution in [-0.2, 0) is 4.84 Å². The molecule has 3 atom stereocenters. The van der Waals surface area contributed by atoms with Crippen LogP contribution in [0.15, 0.2) is 23.4 Å². The number of thioether (sulfide) groups is 1. The molecule has 2 fully saturated rings. The van der Waals surface area contributed by atoms with Crippen LogP contribution < -0.4 is 0 Å². The SMILES string of the molecule is Cc1ccc(C2=NOC3(C[C@H]4CC[C@]3(C)C4(C)C)S2)cc1Cl. The van der Waals surface area contributed by atoms with Gasteiger partial charge in [-0.1, -0.05) is 61.4 Å². The van der Waals surface area contributed by atoms with Crippen molar-refractivity contribution in [1.29, 1.82) is 0 Å². The third kappa shape index (κ3) is 1.67. The molecule has 1 aromatic rings. The maximum Gasteiger partial charge on any atom is 0.194 e. The first kappa shape index (κ1) is 14.9. The number of benzene rings is 1. The molecule has 1 spiro atoms. The molecule has 3 aliphatic rings. The topological polar surface area (TPSA) is 21.6 Å². The van der Waals surface area contributed by atoms with Gasteiger partial charge in [-0.15, -0.1) is 0 Å². The molecule has 4 heteroatoms. The third-order valence-corrected chi connectivity index (χ3v) is 8.68. The van der Waals surface area contributed by atoms with Gasteiger partial charge in [-0.3, -0.25) is 0 Å². The molecule has 2 aliphatic carbocycles. The van der Waals surface area contributed by atoms with E-state index in [1.807, 2.05) is 24.8 Å². The number of halogens is 1. The van der Waals surface area contributed by atoms with E-state index in [9.17, 15) is 0 Å². The van der Waals surface area contributed by atoms with Gasteiger partial charge in [-0.25, -0.2) is 0 Å². The largest absolute Gasteiger partial charge is 0.376 e. The van der Waals surface area contributed by atoms with Crippen molar-refractivity contribution in [1.82, 2.24) is 0 Å². The first-order valence-electron chi connectivity index (χ1n) is 8.01. The lowest BCUT2D eigenvalue weighted by molar-refractivity contribution is -0.0659. The molecule has 22 heavy (non-hydrogen) atoms. The minimum Gasteiger partial charge on any atom is -0.376 e. The van der Waals surface area contributed by atoms with Crippen molar-refractivity contribution >= 4 is 28.4 Å². The summed E-state index contributed by atoms with van der Waals surface area (Å²) < 4.78 is 0. The number of fused-ring (bicyclic) bond motifs is 3. The van der Waals surface area contributed by atoms with Crippen molar-refractivity contribution in [2.24, 2.45) is 21.9 Å². The van der Waals surface area contributed by atoms with E-state index in [-0.39, 0.29) is 10.3 Å². The predicted octanol–water partition coefficient (Wildman–Crippen LogP) is 5.62. The Kier molecular flexibility index (Phi) is 3.01. The van der Waals surface area contributed by atoms with Gasteiger partial charge in [0.2, 0.25) is 0 Å². The van der Waals surface area contributed by atoms with Crippen LogP contribution in [-0.4, -0.2) is 9.98 Å². The summed E-state index contributed by atoms with van der Waals surface area (Å²) in [5.74, 6) is 0.737.